The van der Waals surface area contributed by atoms with Crippen LogP contribution >= 0.6 is 39.9 Å². The van der Waals surface area contributed by atoms with Crippen LogP contribution in [-0.4, -0.2) is 30.5 Å². The highest BCUT2D eigenvalue weighted by atomic mass is 127. The summed E-state index contributed by atoms with van der Waals surface area (Å²) >= 11 is 3.60. The molecule has 1 aromatic rings. The van der Waals surface area contributed by atoms with Crippen molar-refractivity contribution in [2.75, 3.05) is 13.6 Å². The first-order valence-electron chi connectivity index (χ1n) is 7.90. The number of aliphatic imine (C=N–C) groups is 1. The summed E-state index contributed by atoms with van der Waals surface area (Å²) in [6.07, 6.45) is 7.52. The molecular weight excluding hydrogens is 453 g/mol. The number of benzene rings is 1. The van der Waals surface area contributed by atoms with Crippen molar-refractivity contribution in [2.45, 2.75) is 50.0 Å². The lowest BCUT2D eigenvalue weighted by atomic mass is 9.79. The third kappa shape index (κ3) is 3.96. The number of hydrogen-bond donors (Lipinski definition) is 1. The zero-order chi connectivity index (χ0) is 14.9. The molecule has 5 heteroatoms. The van der Waals surface area contributed by atoms with E-state index in [1.807, 2.05) is 0 Å². The van der Waals surface area contributed by atoms with Gasteiger partial charge in [-0.3, -0.25) is 4.99 Å². The summed E-state index contributed by atoms with van der Waals surface area (Å²) in [5.41, 5.74) is 7.75. The highest BCUT2D eigenvalue weighted by Crippen LogP contribution is 2.42. The van der Waals surface area contributed by atoms with Gasteiger partial charge in [-0.2, -0.15) is 0 Å². The molecule has 0 spiro atoms. The van der Waals surface area contributed by atoms with Crippen molar-refractivity contribution in [1.82, 2.24) is 4.90 Å². The molecule has 0 heterocycles. The van der Waals surface area contributed by atoms with Crippen LogP contribution in [-0.2, 0) is 5.41 Å². The average molecular weight is 478 g/mol. The van der Waals surface area contributed by atoms with Gasteiger partial charge in [0.25, 0.3) is 0 Å². The van der Waals surface area contributed by atoms with Gasteiger partial charge >= 0.3 is 0 Å². The number of halogens is 2. The van der Waals surface area contributed by atoms with Gasteiger partial charge < -0.3 is 10.6 Å². The van der Waals surface area contributed by atoms with Crippen LogP contribution in [0.1, 0.15) is 44.1 Å². The number of nitrogens with two attached hydrogens (primary N) is 1. The quantitative estimate of drug-likeness (QED) is 0.399. The Morgan fingerprint density at radius 1 is 1.36 bits per heavy atom. The van der Waals surface area contributed by atoms with Gasteiger partial charge in [-0.15, -0.1) is 24.0 Å². The largest absolute Gasteiger partial charge is 0.370 e. The Balaban J connectivity index is 0.00000176. The maximum absolute atomic E-state index is 6.17. The predicted molar refractivity (Wildman–Crippen MR) is 107 cm³/mol. The summed E-state index contributed by atoms with van der Waals surface area (Å²) in [5, 5.41) is 0. The number of hydrogen-bond acceptors (Lipinski definition) is 1. The maximum atomic E-state index is 6.17. The van der Waals surface area contributed by atoms with E-state index in [0.29, 0.717) is 12.0 Å². The molecule has 0 unspecified atom stereocenters. The third-order valence-corrected chi connectivity index (χ3v) is 5.49. The SMILES string of the molecule is CN(C(N)=NCC1(c2cccc(Br)c2)CCCC1)C1CC1.I. The summed E-state index contributed by atoms with van der Waals surface area (Å²) in [6, 6.07) is 9.33. The Hall–Kier alpha value is -0.300. The second-order valence-electron chi connectivity index (χ2n) is 6.51. The molecule has 0 saturated heterocycles. The van der Waals surface area contributed by atoms with E-state index >= 15 is 0 Å². The molecule has 0 atom stereocenters. The summed E-state index contributed by atoms with van der Waals surface area (Å²) < 4.78 is 1.15. The molecule has 2 N–H and O–H groups in total. The van der Waals surface area contributed by atoms with E-state index in [9.17, 15) is 0 Å². The van der Waals surface area contributed by atoms with Crippen molar-refractivity contribution in [3.8, 4) is 0 Å². The Morgan fingerprint density at radius 3 is 2.64 bits per heavy atom. The summed E-state index contributed by atoms with van der Waals surface area (Å²) in [6.45, 7) is 0.812. The molecule has 2 fully saturated rings. The molecule has 2 aliphatic carbocycles. The fraction of sp³-hybridized carbons (Fsp3) is 0.588. The minimum Gasteiger partial charge on any atom is -0.370 e. The van der Waals surface area contributed by atoms with E-state index in [1.54, 1.807) is 0 Å². The molecular formula is C17H25BrIN3. The van der Waals surface area contributed by atoms with E-state index < -0.39 is 0 Å². The highest BCUT2D eigenvalue weighted by Gasteiger charge is 2.36. The molecule has 3 nitrogen and oxygen atoms in total. The molecule has 0 radical (unpaired) electrons. The van der Waals surface area contributed by atoms with E-state index in [0.717, 1.165) is 11.0 Å². The van der Waals surface area contributed by atoms with Crippen LogP contribution in [0.15, 0.2) is 33.7 Å². The number of rotatable bonds is 4. The molecule has 0 bridgehead atoms. The lowest BCUT2D eigenvalue weighted by molar-refractivity contribution is 0.440. The van der Waals surface area contributed by atoms with Gasteiger partial charge in [0.05, 0.1) is 6.54 Å². The normalized spacial score (nSPS) is 20.5. The zero-order valence-electron chi connectivity index (χ0n) is 13.1. The van der Waals surface area contributed by atoms with E-state index in [-0.39, 0.29) is 29.4 Å². The zero-order valence-corrected chi connectivity index (χ0v) is 17.0. The Morgan fingerprint density at radius 2 is 2.05 bits per heavy atom. The van der Waals surface area contributed by atoms with Crippen LogP contribution in [0.3, 0.4) is 0 Å². The second-order valence-corrected chi connectivity index (χ2v) is 7.43. The van der Waals surface area contributed by atoms with Crippen molar-refractivity contribution in [1.29, 1.82) is 0 Å². The van der Waals surface area contributed by atoms with E-state index in [1.165, 1.54) is 44.1 Å². The Labute approximate surface area is 158 Å². The first kappa shape index (κ1) is 18.0. The van der Waals surface area contributed by atoms with Gasteiger partial charge in [-0.25, -0.2) is 0 Å². The molecule has 122 valence electrons. The maximum Gasteiger partial charge on any atom is 0.191 e. The first-order valence-corrected chi connectivity index (χ1v) is 8.69. The van der Waals surface area contributed by atoms with Crippen LogP contribution in [0.5, 0.6) is 0 Å². The summed E-state index contributed by atoms with van der Waals surface area (Å²) in [7, 11) is 2.07. The smallest absolute Gasteiger partial charge is 0.191 e. The topological polar surface area (TPSA) is 41.6 Å². The van der Waals surface area contributed by atoms with Crippen molar-refractivity contribution < 1.29 is 0 Å². The van der Waals surface area contributed by atoms with Crippen molar-refractivity contribution >= 4 is 45.9 Å². The van der Waals surface area contributed by atoms with E-state index in [2.05, 4.69) is 52.1 Å². The predicted octanol–water partition coefficient (Wildman–Crippen LogP) is 4.29. The number of guanidine groups is 1. The van der Waals surface area contributed by atoms with Gasteiger partial charge in [-0.05, 0) is 43.4 Å². The van der Waals surface area contributed by atoms with Crippen LogP contribution < -0.4 is 5.73 Å². The third-order valence-electron chi connectivity index (χ3n) is 5.00. The van der Waals surface area contributed by atoms with Crippen LogP contribution in [0.2, 0.25) is 0 Å². The highest BCUT2D eigenvalue weighted by molar-refractivity contribution is 14.0. The standard InChI is InChI=1S/C17H24BrN3.HI/c1-21(15-7-8-15)16(19)20-12-17(9-2-3-10-17)13-5-4-6-14(18)11-13;/h4-6,11,15H,2-3,7-10,12H2,1H3,(H2,19,20);1H. The van der Waals surface area contributed by atoms with Crippen LogP contribution in [0.25, 0.3) is 0 Å². The second kappa shape index (κ2) is 7.51. The average Bonchev–Trinajstić information content (AvgIpc) is 3.22. The van der Waals surface area contributed by atoms with Crippen LogP contribution in [0, 0.1) is 0 Å². The monoisotopic (exact) mass is 477 g/mol. The molecule has 2 aliphatic rings. The summed E-state index contributed by atoms with van der Waals surface area (Å²) in [4.78, 5) is 6.89. The Kier molecular flexibility index (Phi) is 6.16. The first-order chi connectivity index (χ1) is 10.1. The molecule has 3 rings (SSSR count). The van der Waals surface area contributed by atoms with Gasteiger partial charge in [-0.1, -0.05) is 40.9 Å². The Bertz CT molecular complexity index is 536. The molecule has 0 amide bonds. The van der Waals surface area contributed by atoms with Gasteiger partial charge in [0.1, 0.15) is 0 Å². The summed E-state index contributed by atoms with van der Waals surface area (Å²) in [5.74, 6) is 0.707. The van der Waals surface area contributed by atoms with Crippen LogP contribution in [0.4, 0.5) is 0 Å². The number of nitrogens with zero attached hydrogens (tertiary/aromatic N) is 2. The van der Waals surface area contributed by atoms with Gasteiger partial charge in [0.2, 0.25) is 0 Å². The molecule has 22 heavy (non-hydrogen) atoms. The molecule has 2 saturated carbocycles. The van der Waals surface area contributed by atoms with Crippen molar-refractivity contribution in [2.24, 2.45) is 10.7 Å². The molecule has 0 aliphatic heterocycles. The fourth-order valence-corrected chi connectivity index (χ4v) is 3.80. The van der Waals surface area contributed by atoms with Crippen molar-refractivity contribution in [3.05, 3.63) is 34.3 Å². The molecule has 1 aromatic carbocycles. The fourth-order valence-electron chi connectivity index (χ4n) is 3.40. The van der Waals surface area contributed by atoms with E-state index in [4.69, 9.17) is 10.7 Å². The van der Waals surface area contributed by atoms with Gasteiger partial charge in [0, 0.05) is 23.0 Å². The van der Waals surface area contributed by atoms with Crippen molar-refractivity contribution in [3.63, 3.8) is 0 Å². The minimum absolute atomic E-state index is 0. The van der Waals surface area contributed by atoms with Gasteiger partial charge in [0.15, 0.2) is 5.96 Å². The minimum atomic E-state index is 0. The lowest BCUT2D eigenvalue weighted by Gasteiger charge is -2.29. The molecule has 0 aromatic heterocycles. The lowest BCUT2D eigenvalue weighted by Crippen LogP contribution is -2.37.